The molecule has 6 heteroatoms. The van der Waals surface area contributed by atoms with Gasteiger partial charge < -0.3 is 15.4 Å². The molecule has 0 bridgehead atoms. The van der Waals surface area contributed by atoms with E-state index in [-0.39, 0.29) is 23.5 Å². The molecule has 2 amide bonds. The second kappa shape index (κ2) is 7.93. The van der Waals surface area contributed by atoms with Gasteiger partial charge in [0.15, 0.2) is 0 Å². The third kappa shape index (κ3) is 4.97. The van der Waals surface area contributed by atoms with E-state index >= 15 is 0 Å². The Bertz CT molecular complexity index is 490. The third-order valence-corrected chi connectivity index (χ3v) is 4.22. The zero-order chi connectivity index (χ0) is 15.1. The van der Waals surface area contributed by atoms with Crippen LogP contribution in [0.25, 0.3) is 0 Å². The summed E-state index contributed by atoms with van der Waals surface area (Å²) in [6, 6.07) is 7.26. The molecular formula is C15H20N2O3S. The summed E-state index contributed by atoms with van der Waals surface area (Å²) in [5.41, 5.74) is 0.713. The van der Waals surface area contributed by atoms with Crippen molar-refractivity contribution in [3.8, 4) is 5.75 Å². The molecule has 2 N–H and O–H groups in total. The highest BCUT2D eigenvalue weighted by Crippen LogP contribution is 2.20. The van der Waals surface area contributed by atoms with Crippen LogP contribution < -0.4 is 15.4 Å². The number of carbonyl (C=O) groups excluding carboxylic acids is 2. The maximum atomic E-state index is 11.9. The molecule has 1 fully saturated rings. The van der Waals surface area contributed by atoms with Crippen molar-refractivity contribution < 1.29 is 14.3 Å². The summed E-state index contributed by atoms with van der Waals surface area (Å²) in [5, 5.41) is 5.29. The highest BCUT2D eigenvalue weighted by atomic mass is 32.2. The Hall–Kier alpha value is -1.69. The average molecular weight is 308 g/mol. The Balaban J connectivity index is 1.83. The number of hydrogen-bond donors (Lipinski definition) is 2. The molecule has 5 nitrogen and oxygen atoms in total. The Labute approximate surface area is 128 Å². The Kier molecular flexibility index (Phi) is 5.92. The quantitative estimate of drug-likeness (QED) is 0.844. The topological polar surface area (TPSA) is 67.4 Å². The van der Waals surface area contributed by atoms with Gasteiger partial charge in [-0.05, 0) is 30.7 Å². The van der Waals surface area contributed by atoms with Crippen molar-refractivity contribution in [3.05, 3.63) is 24.3 Å². The maximum Gasteiger partial charge on any atom is 0.233 e. The van der Waals surface area contributed by atoms with Crippen LogP contribution in [0.4, 0.5) is 5.69 Å². The van der Waals surface area contributed by atoms with Gasteiger partial charge in [0.25, 0.3) is 0 Å². The lowest BCUT2D eigenvalue weighted by molar-refractivity contribution is -0.123. The van der Waals surface area contributed by atoms with E-state index in [2.05, 4.69) is 10.6 Å². The summed E-state index contributed by atoms with van der Waals surface area (Å²) in [7, 11) is 0. The summed E-state index contributed by atoms with van der Waals surface area (Å²) in [6.07, 6.45) is 1.16. The number of hydrogen-bond acceptors (Lipinski definition) is 4. The molecule has 2 rings (SSSR count). The molecule has 0 unspecified atom stereocenters. The standard InChI is InChI=1S/C15H20N2O3S/c1-2-8-20-12-5-3-11(4-6-12)17-14(18)10-13-15(19)16-7-9-21-13/h3-6,13H,2,7-10H2,1H3,(H,16,19)(H,17,18)/t13-/m0/s1. The second-order valence-corrected chi connectivity index (χ2v) is 6.09. The van der Waals surface area contributed by atoms with Gasteiger partial charge in [-0.3, -0.25) is 9.59 Å². The fraction of sp³-hybridized carbons (Fsp3) is 0.467. The smallest absolute Gasteiger partial charge is 0.233 e. The van der Waals surface area contributed by atoms with Gasteiger partial charge in [-0.2, -0.15) is 0 Å². The van der Waals surface area contributed by atoms with E-state index < -0.39 is 0 Å². The maximum absolute atomic E-state index is 11.9. The van der Waals surface area contributed by atoms with Crippen molar-refractivity contribution in [2.75, 3.05) is 24.2 Å². The normalized spacial score (nSPS) is 18.0. The minimum atomic E-state index is -0.286. The lowest BCUT2D eigenvalue weighted by Gasteiger charge is -2.20. The van der Waals surface area contributed by atoms with Crippen molar-refractivity contribution in [1.82, 2.24) is 5.32 Å². The molecule has 0 aliphatic carbocycles. The van der Waals surface area contributed by atoms with Gasteiger partial charge >= 0.3 is 0 Å². The molecule has 1 aromatic carbocycles. The fourth-order valence-electron chi connectivity index (χ4n) is 1.95. The number of thioether (sulfide) groups is 1. The van der Waals surface area contributed by atoms with Gasteiger partial charge in [0.05, 0.1) is 11.9 Å². The summed E-state index contributed by atoms with van der Waals surface area (Å²) >= 11 is 1.53. The van der Waals surface area contributed by atoms with E-state index in [9.17, 15) is 9.59 Å². The van der Waals surface area contributed by atoms with E-state index in [1.54, 1.807) is 12.1 Å². The number of benzene rings is 1. The molecule has 1 aliphatic heterocycles. The Morgan fingerprint density at radius 2 is 2.19 bits per heavy atom. The van der Waals surface area contributed by atoms with E-state index in [1.165, 1.54) is 11.8 Å². The van der Waals surface area contributed by atoms with Crippen molar-refractivity contribution >= 4 is 29.3 Å². The van der Waals surface area contributed by atoms with E-state index in [0.717, 1.165) is 17.9 Å². The summed E-state index contributed by atoms with van der Waals surface area (Å²) in [4.78, 5) is 23.5. The number of carbonyl (C=O) groups is 2. The number of amides is 2. The van der Waals surface area contributed by atoms with Crippen LogP contribution in [-0.4, -0.2) is 36.0 Å². The van der Waals surface area contributed by atoms with Crippen LogP contribution >= 0.6 is 11.8 Å². The molecule has 0 spiro atoms. The Morgan fingerprint density at radius 1 is 1.43 bits per heavy atom. The van der Waals surface area contributed by atoms with Crippen LogP contribution in [0, 0.1) is 0 Å². The molecular weight excluding hydrogens is 288 g/mol. The van der Waals surface area contributed by atoms with Gasteiger partial charge in [-0.1, -0.05) is 6.92 Å². The molecule has 114 valence electrons. The van der Waals surface area contributed by atoms with Gasteiger partial charge in [-0.25, -0.2) is 0 Å². The van der Waals surface area contributed by atoms with Crippen molar-refractivity contribution in [1.29, 1.82) is 0 Å². The molecule has 0 radical (unpaired) electrons. The number of ether oxygens (including phenoxy) is 1. The van der Waals surface area contributed by atoms with Gasteiger partial charge in [0.2, 0.25) is 11.8 Å². The minimum Gasteiger partial charge on any atom is -0.494 e. The second-order valence-electron chi connectivity index (χ2n) is 4.78. The zero-order valence-corrected chi connectivity index (χ0v) is 12.9. The number of rotatable bonds is 6. The van der Waals surface area contributed by atoms with Crippen LogP contribution in [0.15, 0.2) is 24.3 Å². The van der Waals surface area contributed by atoms with Gasteiger partial charge in [-0.15, -0.1) is 11.8 Å². The first-order chi connectivity index (χ1) is 10.2. The Morgan fingerprint density at radius 3 is 2.86 bits per heavy atom. The van der Waals surface area contributed by atoms with Crippen LogP contribution in [0.3, 0.4) is 0 Å². The van der Waals surface area contributed by atoms with E-state index in [1.807, 2.05) is 19.1 Å². The largest absolute Gasteiger partial charge is 0.494 e. The average Bonchev–Trinajstić information content (AvgIpc) is 2.49. The van der Waals surface area contributed by atoms with E-state index in [4.69, 9.17) is 4.74 Å². The first-order valence-electron chi connectivity index (χ1n) is 7.11. The zero-order valence-electron chi connectivity index (χ0n) is 12.1. The molecule has 1 heterocycles. The summed E-state index contributed by atoms with van der Waals surface area (Å²) in [6.45, 7) is 3.41. The predicted molar refractivity (Wildman–Crippen MR) is 84.7 cm³/mol. The minimum absolute atomic E-state index is 0.0512. The lowest BCUT2D eigenvalue weighted by atomic mass is 10.2. The monoisotopic (exact) mass is 308 g/mol. The highest BCUT2D eigenvalue weighted by Gasteiger charge is 2.25. The molecule has 0 saturated carbocycles. The van der Waals surface area contributed by atoms with Crippen molar-refractivity contribution in [3.63, 3.8) is 0 Å². The first kappa shape index (κ1) is 15.7. The first-order valence-corrected chi connectivity index (χ1v) is 8.16. The summed E-state index contributed by atoms with van der Waals surface area (Å²) < 4.78 is 5.48. The van der Waals surface area contributed by atoms with E-state index in [0.29, 0.717) is 18.8 Å². The van der Waals surface area contributed by atoms with Crippen LogP contribution in [0.2, 0.25) is 0 Å². The molecule has 0 aromatic heterocycles. The molecule has 1 saturated heterocycles. The van der Waals surface area contributed by atoms with Gasteiger partial charge in [0.1, 0.15) is 5.75 Å². The van der Waals surface area contributed by atoms with Crippen molar-refractivity contribution in [2.24, 2.45) is 0 Å². The van der Waals surface area contributed by atoms with Crippen molar-refractivity contribution in [2.45, 2.75) is 25.0 Å². The molecule has 1 atom stereocenters. The fourth-order valence-corrected chi connectivity index (χ4v) is 2.96. The van der Waals surface area contributed by atoms with Crippen LogP contribution in [0.1, 0.15) is 19.8 Å². The lowest BCUT2D eigenvalue weighted by Crippen LogP contribution is -2.40. The molecule has 21 heavy (non-hydrogen) atoms. The number of nitrogens with one attached hydrogen (secondary N) is 2. The van der Waals surface area contributed by atoms with Gasteiger partial charge in [0, 0.05) is 24.4 Å². The SMILES string of the molecule is CCCOc1ccc(NC(=O)C[C@@H]2SCCNC2=O)cc1. The predicted octanol–water partition coefficient (Wildman–Crippen LogP) is 2.04. The van der Waals surface area contributed by atoms with Crippen LogP contribution in [0.5, 0.6) is 5.75 Å². The van der Waals surface area contributed by atoms with Crippen LogP contribution in [-0.2, 0) is 9.59 Å². The summed E-state index contributed by atoms with van der Waals surface area (Å²) in [5.74, 6) is 1.45. The molecule has 1 aromatic rings. The highest BCUT2D eigenvalue weighted by molar-refractivity contribution is 8.00. The number of anilines is 1. The third-order valence-electron chi connectivity index (χ3n) is 2.99. The molecule has 1 aliphatic rings.